The molecule has 1 fully saturated rings. The van der Waals surface area contributed by atoms with Gasteiger partial charge in [0.1, 0.15) is 0 Å². The Labute approximate surface area is 138 Å². The normalized spacial score (nSPS) is 18.2. The van der Waals surface area contributed by atoms with E-state index in [1.807, 2.05) is 0 Å². The predicted octanol–water partition coefficient (Wildman–Crippen LogP) is 4.42. The van der Waals surface area contributed by atoms with Crippen molar-refractivity contribution in [2.24, 2.45) is 5.92 Å². The molecule has 0 spiro atoms. The molecule has 4 nitrogen and oxygen atoms in total. The molecular weight excluding hydrogens is 356 g/mol. The second-order valence-corrected chi connectivity index (χ2v) is 8.00. The Balaban J connectivity index is 0.000000400. The SMILES string of the molecule is BrCC1CCCCCCCCC1.CCS(=O)(=O)OC(C)=O. The molecule has 1 saturated carbocycles. The van der Waals surface area contributed by atoms with E-state index in [0.717, 1.165) is 12.8 Å². The van der Waals surface area contributed by atoms with Crippen LogP contribution in [-0.2, 0) is 19.1 Å². The van der Waals surface area contributed by atoms with E-state index < -0.39 is 16.1 Å². The smallest absolute Gasteiger partial charge is 0.319 e. The van der Waals surface area contributed by atoms with Crippen molar-refractivity contribution in [2.45, 2.75) is 71.6 Å². The van der Waals surface area contributed by atoms with Gasteiger partial charge in [0.2, 0.25) is 0 Å². The summed E-state index contributed by atoms with van der Waals surface area (Å²) < 4.78 is 24.7. The third kappa shape index (κ3) is 13.3. The van der Waals surface area contributed by atoms with Gasteiger partial charge in [-0.15, -0.1) is 0 Å². The highest BCUT2D eigenvalue weighted by Gasteiger charge is 2.09. The van der Waals surface area contributed by atoms with Gasteiger partial charge in [-0.2, -0.15) is 8.42 Å². The second-order valence-electron chi connectivity index (χ2n) is 5.49. The van der Waals surface area contributed by atoms with Gasteiger partial charge < -0.3 is 4.18 Å². The van der Waals surface area contributed by atoms with Gasteiger partial charge in [-0.25, -0.2) is 0 Å². The summed E-state index contributed by atoms with van der Waals surface area (Å²) in [5.74, 6) is 0.00648. The largest absolute Gasteiger partial charge is 0.346 e. The standard InChI is InChI=1S/C11H21Br.C4H8O4S/c12-10-11-8-6-4-2-1-3-5-7-9-11;1-3-9(6,7)8-4(2)5/h11H,1-10H2;3H2,1-2H3. The highest BCUT2D eigenvalue weighted by atomic mass is 79.9. The first-order valence-corrected chi connectivity index (χ1v) is 10.6. The number of alkyl halides is 1. The molecular formula is C15H29BrO4S. The molecule has 0 radical (unpaired) electrons. The molecule has 1 aliphatic carbocycles. The average molecular weight is 385 g/mol. The molecule has 0 aromatic rings. The summed E-state index contributed by atoms with van der Waals surface area (Å²) >= 11 is 3.62. The molecule has 0 amide bonds. The molecule has 0 aromatic heterocycles. The minimum absolute atomic E-state index is 0.174. The summed E-state index contributed by atoms with van der Waals surface area (Å²) in [4.78, 5) is 10.0. The molecule has 0 atom stereocenters. The Hall–Kier alpha value is -0.100. The van der Waals surface area contributed by atoms with Crippen LogP contribution in [0.3, 0.4) is 0 Å². The Kier molecular flexibility index (Phi) is 12.4. The minimum Gasteiger partial charge on any atom is -0.346 e. The summed E-state index contributed by atoms with van der Waals surface area (Å²) in [5, 5.41) is 1.23. The zero-order valence-corrected chi connectivity index (χ0v) is 15.7. The molecule has 0 aromatic carbocycles. The molecule has 1 aliphatic rings. The molecule has 21 heavy (non-hydrogen) atoms. The lowest BCUT2D eigenvalue weighted by atomic mass is 9.94. The molecule has 1 rings (SSSR count). The van der Waals surface area contributed by atoms with Gasteiger partial charge >= 0.3 is 16.1 Å². The van der Waals surface area contributed by atoms with Crippen molar-refractivity contribution in [3.05, 3.63) is 0 Å². The van der Waals surface area contributed by atoms with Crippen LogP contribution in [0.2, 0.25) is 0 Å². The van der Waals surface area contributed by atoms with Crippen LogP contribution in [0.4, 0.5) is 0 Å². The van der Waals surface area contributed by atoms with E-state index in [9.17, 15) is 13.2 Å². The van der Waals surface area contributed by atoms with E-state index in [1.165, 1.54) is 70.0 Å². The van der Waals surface area contributed by atoms with Crippen LogP contribution >= 0.6 is 15.9 Å². The first-order valence-electron chi connectivity index (χ1n) is 7.90. The lowest BCUT2D eigenvalue weighted by Crippen LogP contribution is -2.11. The summed E-state index contributed by atoms with van der Waals surface area (Å²) in [6.45, 7) is 2.45. The fourth-order valence-electron chi connectivity index (χ4n) is 2.29. The number of hydrogen-bond donors (Lipinski definition) is 0. The van der Waals surface area contributed by atoms with E-state index in [0.29, 0.717) is 0 Å². The summed E-state index contributed by atoms with van der Waals surface area (Å²) in [6, 6.07) is 0. The maximum Gasteiger partial charge on any atom is 0.319 e. The van der Waals surface area contributed by atoms with Crippen molar-refractivity contribution in [3.63, 3.8) is 0 Å². The predicted molar refractivity (Wildman–Crippen MR) is 90.1 cm³/mol. The topological polar surface area (TPSA) is 60.4 Å². The van der Waals surface area contributed by atoms with Gasteiger partial charge in [0.05, 0.1) is 5.75 Å². The van der Waals surface area contributed by atoms with Crippen LogP contribution in [0.15, 0.2) is 0 Å². The highest BCUT2D eigenvalue weighted by molar-refractivity contribution is 9.09. The molecule has 6 heteroatoms. The highest BCUT2D eigenvalue weighted by Crippen LogP contribution is 2.22. The molecule has 126 valence electrons. The average Bonchev–Trinajstić information content (AvgIpc) is 2.44. The van der Waals surface area contributed by atoms with Crippen LogP contribution in [0.5, 0.6) is 0 Å². The Bertz CT molecular complexity index is 358. The first kappa shape index (κ1) is 20.9. The Morgan fingerprint density at radius 1 is 1.05 bits per heavy atom. The summed E-state index contributed by atoms with van der Waals surface area (Å²) in [5.41, 5.74) is 0. The fourth-order valence-corrected chi connectivity index (χ4v) is 3.41. The lowest BCUT2D eigenvalue weighted by molar-refractivity contribution is -0.131. The number of carbonyl (C=O) groups is 1. The number of rotatable bonds is 3. The maximum absolute atomic E-state index is 10.4. The van der Waals surface area contributed by atoms with Gasteiger partial charge in [0.25, 0.3) is 0 Å². The zero-order chi connectivity index (χ0) is 16.1. The van der Waals surface area contributed by atoms with Crippen LogP contribution in [-0.4, -0.2) is 25.5 Å². The third-order valence-electron chi connectivity index (χ3n) is 3.54. The van der Waals surface area contributed by atoms with Crippen molar-refractivity contribution >= 4 is 32.0 Å². The molecule has 0 saturated heterocycles. The molecule has 0 bridgehead atoms. The third-order valence-corrected chi connectivity index (χ3v) is 5.65. The molecule has 0 heterocycles. The molecule has 0 unspecified atom stereocenters. The monoisotopic (exact) mass is 384 g/mol. The first-order chi connectivity index (χ1) is 9.91. The van der Waals surface area contributed by atoms with Crippen molar-refractivity contribution in [1.29, 1.82) is 0 Å². The summed E-state index contributed by atoms with van der Waals surface area (Å²) in [7, 11) is -3.57. The van der Waals surface area contributed by atoms with E-state index in [-0.39, 0.29) is 5.75 Å². The lowest BCUT2D eigenvalue weighted by Gasteiger charge is -2.15. The zero-order valence-electron chi connectivity index (χ0n) is 13.3. The van der Waals surface area contributed by atoms with Crippen molar-refractivity contribution < 1.29 is 17.4 Å². The van der Waals surface area contributed by atoms with Crippen LogP contribution in [0.25, 0.3) is 0 Å². The number of halogens is 1. The fraction of sp³-hybridized carbons (Fsp3) is 0.933. The van der Waals surface area contributed by atoms with Crippen LogP contribution in [0, 0.1) is 5.92 Å². The van der Waals surface area contributed by atoms with Gasteiger partial charge in [-0.3, -0.25) is 4.79 Å². The minimum atomic E-state index is -3.57. The molecule has 0 N–H and O–H groups in total. The summed E-state index contributed by atoms with van der Waals surface area (Å²) in [6.07, 6.45) is 13.3. The van der Waals surface area contributed by atoms with Gasteiger partial charge in [0, 0.05) is 12.3 Å². The molecule has 0 aliphatic heterocycles. The van der Waals surface area contributed by atoms with Crippen LogP contribution < -0.4 is 0 Å². The number of hydrogen-bond acceptors (Lipinski definition) is 4. The van der Waals surface area contributed by atoms with E-state index >= 15 is 0 Å². The second kappa shape index (κ2) is 12.4. The van der Waals surface area contributed by atoms with Crippen molar-refractivity contribution in [1.82, 2.24) is 0 Å². The van der Waals surface area contributed by atoms with Crippen molar-refractivity contribution in [2.75, 3.05) is 11.1 Å². The van der Waals surface area contributed by atoms with Gasteiger partial charge in [-0.1, -0.05) is 60.9 Å². The number of carbonyl (C=O) groups excluding carboxylic acids is 1. The quantitative estimate of drug-likeness (QED) is 0.533. The van der Waals surface area contributed by atoms with Gasteiger partial charge in [-0.05, 0) is 25.7 Å². The van der Waals surface area contributed by atoms with E-state index in [4.69, 9.17) is 0 Å². The van der Waals surface area contributed by atoms with Gasteiger partial charge in [0.15, 0.2) is 0 Å². The maximum atomic E-state index is 10.4. The van der Waals surface area contributed by atoms with Crippen LogP contribution in [0.1, 0.15) is 71.6 Å². The van der Waals surface area contributed by atoms with E-state index in [1.54, 1.807) is 0 Å². The Morgan fingerprint density at radius 2 is 1.48 bits per heavy atom. The van der Waals surface area contributed by atoms with Crippen molar-refractivity contribution in [3.8, 4) is 0 Å². The van der Waals surface area contributed by atoms with E-state index in [2.05, 4.69) is 20.1 Å². The Morgan fingerprint density at radius 3 is 1.76 bits per heavy atom.